The number of carbonyl (C=O) groups is 2. The molecular weight excluding hydrogens is 477 g/mol. The molecule has 0 saturated carbocycles. The van der Waals surface area contributed by atoms with Gasteiger partial charge in [0.25, 0.3) is 5.91 Å². The van der Waals surface area contributed by atoms with Gasteiger partial charge >= 0.3 is 5.97 Å². The maximum absolute atomic E-state index is 12.5. The summed E-state index contributed by atoms with van der Waals surface area (Å²) in [6, 6.07) is 19.9. The van der Waals surface area contributed by atoms with Crippen molar-refractivity contribution in [2.24, 2.45) is 5.10 Å². The summed E-state index contributed by atoms with van der Waals surface area (Å²) in [7, 11) is 0. The van der Waals surface area contributed by atoms with E-state index in [2.05, 4.69) is 15.8 Å². The van der Waals surface area contributed by atoms with Gasteiger partial charge in [-0.15, -0.1) is 0 Å². The van der Waals surface area contributed by atoms with Crippen LogP contribution in [0.2, 0.25) is 10.0 Å². The molecule has 0 aliphatic heterocycles. The van der Waals surface area contributed by atoms with Crippen molar-refractivity contribution in [2.75, 3.05) is 11.9 Å². The predicted molar refractivity (Wildman–Crippen MR) is 133 cm³/mol. The number of rotatable bonds is 7. The van der Waals surface area contributed by atoms with Crippen molar-refractivity contribution in [3.8, 4) is 0 Å². The summed E-state index contributed by atoms with van der Waals surface area (Å²) in [4.78, 5) is 25.0. The zero-order valence-electron chi connectivity index (χ0n) is 18.0. The second kappa shape index (κ2) is 10.4. The lowest BCUT2D eigenvalue weighted by Crippen LogP contribution is -2.17. The molecule has 3 aromatic carbocycles. The summed E-state index contributed by atoms with van der Waals surface area (Å²) >= 11 is 12.4. The van der Waals surface area contributed by atoms with E-state index in [4.69, 9.17) is 32.4 Å². The highest BCUT2D eigenvalue weighted by atomic mass is 35.5. The second-order valence-corrected chi connectivity index (χ2v) is 7.92. The Balaban J connectivity index is 1.56. The van der Waals surface area contributed by atoms with Crippen molar-refractivity contribution in [2.45, 2.75) is 6.92 Å². The van der Waals surface area contributed by atoms with Gasteiger partial charge in [-0.25, -0.2) is 10.2 Å². The van der Waals surface area contributed by atoms with Crippen molar-refractivity contribution < 1.29 is 18.7 Å². The summed E-state index contributed by atoms with van der Waals surface area (Å²) in [5.41, 5.74) is 3.46. The summed E-state index contributed by atoms with van der Waals surface area (Å²) < 4.78 is 10.8. The van der Waals surface area contributed by atoms with Crippen LogP contribution in [0.15, 0.2) is 76.2 Å². The van der Waals surface area contributed by atoms with E-state index in [9.17, 15) is 9.59 Å². The van der Waals surface area contributed by atoms with E-state index < -0.39 is 11.9 Å². The normalized spacial score (nSPS) is 11.0. The molecule has 0 spiro atoms. The zero-order valence-corrected chi connectivity index (χ0v) is 19.5. The Morgan fingerprint density at radius 1 is 1.03 bits per heavy atom. The fourth-order valence-electron chi connectivity index (χ4n) is 3.23. The van der Waals surface area contributed by atoms with Gasteiger partial charge < -0.3 is 14.5 Å². The Hall–Kier alpha value is -3.81. The Kier molecular flexibility index (Phi) is 7.15. The van der Waals surface area contributed by atoms with Crippen molar-refractivity contribution in [3.63, 3.8) is 0 Å². The van der Waals surface area contributed by atoms with Crippen molar-refractivity contribution in [1.29, 1.82) is 0 Å². The highest BCUT2D eigenvalue weighted by Gasteiger charge is 2.25. The van der Waals surface area contributed by atoms with Crippen LogP contribution in [0.5, 0.6) is 0 Å². The van der Waals surface area contributed by atoms with Gasteiger partial charge in [0.1, 0.15) is 10.6 Å². The van der Waals surface area contributed by atoms with Gasteiger partial charge in [-0.2, -0.15) is 5.10 Å². The maximum atomic E-state index is 12.5. The first-order valence-corrected chi connectivity index (χ1v) is 11.1. The summed E-state index contributed by atoms with van der Waals surface area (Å²) in [5.74, 6) is -0.950. The van der Waals surface area contributed by atoms with Gasteiger partial charge in [0.05, 0.1) is 12.8 Å². The van der Waals surface area contributed by atoms with Gasteiger partial charge in [0.15, 0.2) is 5.76 Å². The van der Waals surface area contributed by atoms with Crippen molar-refractivity contribution in [3.05, 3.63) is 93.7 Å². The van der Waals surface area contributed by atoms with Crippen LogP contribution in [0, 0.1) is 0 Å². The number of hydrogen-bond donors (Lipinski definition) is 2. The zero-order chi connectivity index (χ0) is 24.1. The third kappa shape index (κ3) is 5.22. The molecule has 7 nitrogen and oxygen atoms in total. The lowest BCUT2D eigenvalue weighted by Gasteiger charge is -2.06. The molecule has 1 heterocycles. The van der Waals surface area contributed by atoms with Crippen LogP contribution in [-0.2, 0) is 4.74 Å². The van der Waals surface area contributed by atoms with Crippen molar-refractivity contribution in [1.82, 2.24) is 5.43 Å². The lowest BCUT2D eigenvalue weighted by atomic mass is 10.1. The molecule has 0 radical (unpaired) electrons. The van der Waals surface area contributed by atoms with Gasteiger partial charge in [-0.1, -0.05) is 59.6 Å². The average Bonchev–Trinajstić information content (AvgIpc) is 3.13. The van der Waals surface area contributed by atoms with Crippen LogP contribution >= 0.6 is 23.2 Å². The first-order valence-electron chi connectivity index (χ1n) is 10.3. The number of benzene rings is 3. The number of nitrogens with zero attached hydrogens (tertiary/aromatic N) is 1. The average molecular weight is 496 g/mol. The molecule has 172 valence electrons. The van der Waals surface area contributed by atoms with Crippen LogP contribution in [0.4, 0.5) is 11.6 Å². The number of ether oxygens (including phenoxy) is 1. The molecule has 0 aliphatic rings. The van der Waals surface area contributed by atoms with Gasteiger partial charge in [-0.3, -0.25) is 4.79 Å². The van der Waals surface area contributed by atoms with E-state index in [-0.39, 0.29) is 28.8 Å². The Morgan fingerprint density at radius 2 is 1.82 bits per heavy atom. The van der Waals surface area contributed by atoms with E-state index in [0.717, 1.165) is 10.8 Å². The van der Waals surface area contributed by atoms with Crippen LogP contribution in [0.3, 0.4) is 0 Å². The summed E-state index contributed by atoms with van der Waals surface area (Å²) in [6.45, 7) is 1.84. The number of hydrogen-bond acceptors (Lipinski definition) is 6. The minimum Gasteiger partial charge on any atom is -0.462 e. The Morgan fingerprint density at radius 3 is 2.59 bits per heavy atom. The van der Waals surface area contributed by atoms with Crippen LogP contribution in [-0.4, -0.2) is 24.7 Å². The SMILES string of the molecule is CCOC(=O)c1c(Nc2cccc(Cl)c2)oc(/C=N\NC(=O)c2ccc3ccccc3c2)c1Cl. The number of carbonyl (C=O) groups excluding carboxylic acids is 2. The van der Waals surface area contributed by atoms with Gasteiger partial charge in [-0.05, 0) is 48.0 Å². The number of furan rings is 1. The number of amides is 1. The molecule has 34 heavy (non-hydrogen) atoms. The van der Waals surface area contributed by atoms with Crippen molar-refractivity contribution >= 4 is 63.6 Å². The molecule has 4 aromatic rings. The predicted octanol–water partition coefficient (Wildman–Crippen LogP) is 6.42. The second-order valence-electron chi connectivity index (χ2n) is 7.10. The third-order valence-electron chi connectivity index (χ3n) is 4.80. The van der Waals surface area contributed by atoms with E-state index in [1.807, 2.05) is 30.3 Å². The summed E-state index contributed by atoms with van der Waals surface area (Å²) in [6.07, 6.45) is 1.22. The number of anilines is 2. The largest absolute Gasteiger partial charge is 0.462 e. The minimum atomic E-state index is -0.666. The van der Waals surface area contributed by atoms with Gasteiger partial charge in [0.2, 0.25) is 5.88 Å². The highest BCUT2D eigenvalue weighted by Crippen LogP contribution is 2.34. The monoisotopic (exact) mass is 495 g/mol. The first kappa shape index (κ1) is 23.4. The first-order chi connectivity index (χ1) is 16.5. The molecule has 0 fully saturated rings. The molecule has 0 bridgehead atoms. The molecule has 0 aliphatic carbocycles. The maximum Gasteiger partial charge on any atom is 0.345 e. The van der Waals surface area contributed by atoms with Crippen LogP contribution < -0.4 is 10.7 Å². The number of esters is 1. The molecular formula is C25H19Cl2N3O4. The van der Waals surface area contributed by atoms with E-state index in [1.165, 1.54) is 6.21 Å². The standard InChI is InChI=1S/C25H19Cl2N3O4/c1-2-33-25(32)21-22(27)20(34-24(21)29-19-9-5-8-18(26)13-19)14-28-30-23(31)17-11-10-15-6-3-4-7-16(15)12-17/h3-14,29H,2H2,1H3,(H,30,31)/b28-14-. The number of fused-ring (bicyclic) bond motifs is 1. The van der Waals surface area contributed by atoms with E-state index in [0.29, 0.717) is 16.3 Å². The molecule has 2 N–H and O–H groups in total. The van der Waals surface area contributed by atoms with E-state index >= 15 is 0 Å². The van der Waals surface area contributed by atoms with Crippen LogP contribution in [0.1, 0.15) is 33.4 Å². The third-order valence-corrected chi connectivity index (χ3v) is 5.41. The molecule has 0 saturated heterocycles. The quantitative estimate of drug-likeness (QED) is 0.175. The Bertz CT molecular complexity index is 1400. The fourth-order valence-corrected chi connectivity index (χ4v) is 3.67. The molecule has 0 atom stereocenters. The van der Waals surface area contributed by atoms with Gasteiger partial charge in [0, 0.05) is 16.3 Å². The molecule has 1 amide bonds. The summed E-state index contributed by atoms with van der Waals surface area (Å²) in [5, 5.41) is 9.36. The number of halogens is 2. The fraction of sp³-hybridized carbons (Fsp3) is 0.0800. The molecule has 0 unspecified atom stereocenters. The number of nitrogens with one attached hydrogen (secondary N) is 2. The minimum absolute atomic E-state index is 0.00537. The highest BCUT2D eigenvalue weighted by molar-refractivity contribution is 6.36. The molecule has 4 rings (SSSR count). The Labute approximate surface area is 205 Å². The van der Waals surface area contributed by atoms with Crippen LogP contribution in [0.25, 0.3) is 10.8 Å². The molecule has 1 aromatic heterocycles. The number of hydrazone groups is 1. The smallest absolute Gasteiger partial charge is 0.345 e. The lowest BCUT2D eigenvalue weighted by molar-refractivity contribution is 0.0527. The van der Waals surface area contributed by atoms with E-state index in [1.54, 1.807) is 43.3 Å². The molecule has 9 heteroatoms. The topological polar surface area (TPSA) is 92.9 Å².